The van der Waals surface area contributed by atoms with E-state index >= 15 is 0 Å². The highest BCUT2D eigenvalue weighted by molar-refractivity contribution is 6.31. The molecule has 2 heterocycles. The maximum absolute atomic E-state index is 11.8. The summed E-state index contributed by atoms with van der Waals surface area (Å²) < 4.78 is 1.83. The lowest BCUT2D eigenvalue weighted by Crippen LogP contribution is -2.36. The van der Waals surface area contributed by atoms with E-state index in [1.165, 1.54) is 0 Å². The number of benzene rings is 1. The van der Waals surface area contributed by atoms with Gasteiger partial charge in [0.2, 0.25) is 0 Å². The molecule has 98 valence electrons. The van der Waals surface area contributed by atoms with Crippen LogP contribution in [0.15, 0.2) is 47.3 Å². The van der Waals surface area contributed by atoms with E-state index in [9.17, 15) is 4.79 Å². The molecule has 0 atom stereocenters. The minimum Gasteiger partial charge on any atom is -0.353 e. The average Bonchev–Trinajstić information content (AvgIpc) is 2.42. The van der Waals surface area contributed by atoms with Gasteiger partial charge in [-0.25, -0.2) is 0 Å². The molecule has 4 heteroatoms. The molecule has 2 aromatic rings. The van der Waals surface area contributed by atoms with E-state index in [4.69, 9.17) is 11.6 Å². The van der Waals surface area contributed by atoms with Crippen molar-refractivity contribution in [2.75, 3.05) is 11.4 Å². The van der Waals surface area contributed by atoms with Gasteiger partial charge in [0, 0.05) is 30.7 Å². The van der Waals surface area contributed by atoms with Gasteiger partial charge in [0.25, 0.3) is 5.56 Å². The van der Waals surface area contributed by atoms with Crippen LogP contribution in [0.2, 0.25) is 5.02 Å². The molecule has 0 spiro atoms. The van der Waals surface area contributed by atoms with Crippen LogP contribution < -0.4 is 10.5 Å². The Hall–Kier alpha value is -1.74. The van der Waals surface area contributed by atoms with Crippen LogP contribution in [0.25, 0.3) is 0 Å². The first-order chi connectivity index (χ1) is 9.25. The third-order valence-corrected chi connectivity index (χ3v) is 3.85. The monoisotopic (exact) mass is 274 g/mol. The molecular weight excluding hydrogens is 260 g/mol. The van der Waals surface area contributed by atoms with Crippen molar-refractivity contribution in [2.24, 2.45) is 0 Å². The fraction of sp³-hybridized carbons (Fsp3) is 0.267. The van der Waals surface area contributed by atoms with Gasteiger partial charge in [0.05, 0.1) is 0 Å². The maximum atomic E-state index is 11.8. The van der Waals surface area contributed by atoms with E-state index < -0.39 is 0 Å². The largest absolute Gasteiger partial charge is 0.353 e. The van der Waals surface area contributed by atoms with Gasteiger partial charge in [-0.2, -0.15) is 0 Å². The first-order valence-corrected chi connectivity index (χ1v) is 6.82. The summed E-state index contributed by atoms with van der Waals surface area (Å²) in [6.45, 7) is 2.49. The van der Waals surface area contributed by atoms with Crippen LogP contribution in [0.1, 0.15) is 12.0 Å². The number of hydrogen-bond donors (Lipinski definition) is 0. The van der Waals surface area contributed by atoms with E-state index in [-0.39, 0.29) is 5.56 Å². The first kappa shape index (κ1) is 12.3. The predicted octanol–water partition coefficient (Wildman–Crippen LogP) is 2.91. The lowest BCUT2D eigenvalue weighted by molar-refractivity contribution is 0.544. The summed E-state index contributed by atoms with van der Waals surface area (Å²) in [6, 6.07) is 13.3. The molecule has 19 heavy (non-hydrogen) atoms. The van der Waals surface area contributed by atoms with E-state index in [1.807, 2.05) is 41.0 Å². The number of nitrogens with zero attached hydrogens (tertiary/aromatic N) is 2. The predicted molar refractivity (Wildman–Crippen MR) is 77.8 cm³/mol. The van der Waals surface area contributed by atoms with Crippen molar-refractivity contribution >= 4 is 17.4 Å². The summed E-state index contributed by atoms with van der Waals surface area (Å²) in [5, 5.41) is 0.776. The van der Waals surface area contributed by atoms with Gasteiger partial charge in [0.15, 0.2) is 0 Å². The Bertz CT molecular complexity index is 651. The number of anilines is 1. The zero-order chi connectivity index (χ0) is 13.2. The summed E-state index contributed by atoms with van der Waals surface area (Å²) in [7, 11) is 0. The van der Waals surface area contributed by atoms with Crippen molar-refractivity contribution < 1.29 is 0 Å². The topological polar surface area (TPSA) is 25.2 Å². The molecule has 0 aliphatic carbocycles. The normalized spacial score (nSPS) is 14.3. The molecule has 0 fully saturated rings. The van der Waals surface area contributed by atoms with Crippen molar-refractivity contribution in [3.8, 4) is 0 Å². The Labute approximate surface area is 117 Å². The molecular formula is C15H15ClN2O. The molecule has 3 rings (SSSR count). The second-order valence-corrected chi connectivity index (χ2v) is 5.15. The zero-order valence-corrected chi connectivity index (χ0v) is 11.3. The van der Waals surface area contributed by atoms with E-state index in [1.54, 1.807) is 6.07 Å². The number of rotatable bonds is 2. The smallest absolute Gasteiger partial charge is 0.252 e. The Balaban J connectivity index is 1.95. The number of pyridine rings is 1. The van der Waals surface area contributed by atoms with E-state index in [0.717, 1.165) is 42.5 Å². The number of aromatic nitrogens is 1. The van der Waals surface area contributed by atoms with Crippen molar-refractivity contribution in [3.63, 3.8) is 0 Å². The van der Waals surface area contributed by atoms with Crippen LogP contribution in [0.3, 0.4) is 0 Å². The molecule has 0 radical (unpaired) electrons. The molecule has 0 amide bonds. The average molecular weight is 275 g/mol. The van der Waals surface area contributed by atoms with Crippen LogP contribution in [0, 0.1) is 0 Å². The SMILES string of the molecule is O=c1cccc2n1CCCN2Cc1ccccc1Cl. The third-order valence-electron chi connectivity index (χ3n) is 3.48. The Morgan fingerprint density at radius 3 is 2.74 bits per heavy atom. The minimum absolute atomic E-state index is 0.0707. The zero-order valence-electron chi connectivity index (χ0n) is 10.6. The minimum atomic E-state index is 0.0707. The molecule has 0 saturated carbocycles. The molecule has 1 aromatic heterocycles. The van der Waals surface area contributed by atoms with Crippen LogP contribution in [0.4, 0.5) is 5.82 Å². The van der Waals surface area contributed by atoms with E-state index in [0.29, 0.717) is 0 Å². The van der Waals surface area contributed by atoms with Gasteiger partial charge in [-0.15, -0.1) is 0 Å². The lowest BCUT2D eigenvalue weighted by atomic mass is 10.2. The standard InChI is InChI=1S/C15H15ClN2O/c16-13-6-2-1-5-12(13)11-17-9-4-10-18-14(17)7-3-8-15(18)19/h1-3,5-8H,4,9-11H2. The molecule has 3 nitrogen and oxygen atoms in total. The molecule has 0 saturated heterocycles. The maximum Gasteiger partial charge on any atom is 0.252 e. The molecule has 0 unspecified atom stereocenters. The van der Waals surface area contributed by atoms with Crippen LogP contribution in [-0.2, 0) is 13.1 Å². The lowest BCUT2D eigenvalue weighted by Gasteiger charge is -2.32. The fourth-order valence-electron chi connectivity index (χ4n) is 2.54. The molecule has 1 aromatic carbocycles. The highest BCUT2D eigenvalue weighted by atomic mass is 35.5. The quantitative estimate of drug-likeness (QED) is 0.841. The number of fused-ring (bicyclic) bond motifs is 1. The number of halogens is 1. The Morgan fingerprint density at radius 1 is 1.05 bits per heavy atom. The van der Waals surface area contributed by atoms with Crippen LogP contribution in [-0.4, -0.2) is 11.1 Å². The fourth-order valence-corrected chi connectivity index (χ4v) is 2.73. The Kier molecular flexibility index (Phi) is 3.30. The summed E-state index contributed by atoms with van der Waals surface area (Å²) in [4.78, 5) is 14.1. The van der Waals surface area contributed by atoms with Crippen molar-refractivity contribution in [3.05, 3.63) is 63.4 Å². The van der Waals surface area contributed by atoms with Gasteiger partial charge in [-0.05, 0) is 24.1 Å². The summed E-state index contributed by atoms with van der Waals surface area (Å²) in [5.41, 5.74) is 1.16. The second kappa shape index (κ2) is 5.10. The molecule has 0 bridgehead atoms. The summed E-state index contributed by atoms with van der Waals surface area (Å²) in [5.74, 6) is 0.985. The van der Waals surface area contributed by atoms with Crippen LogP contribution >= 0.6 is 11.6 Å². The Morgan fingerprint density at radius 2 is 1.89 bits per heavy atom. The van der Waals surface area contributed by atoms with Gasteiger partial charge < -0.3 is 4.90 Å². The van der Waals surface area contributed by atoms with Gasteiger partial charge >= 0.3 is 0 Å². The highest BCUT2D eigenvalue weighted by Gasteiger charge is 2.17. The molecule has 1 aliphatic rings. The summed E-state index contributed by atoms with van der Waals surface area (Å²) in [6.07, 6.45) is 0.987. The summed E-state index contributed by atoms with van der Waals surface area (Å²) >= 11 is 6.21. The van der Waals surface area contributed by atoms with Crippen molar-refractivity contribution in [1.82, 2.24) is 4.57 Å². The molecule has 0 N–H and O–H groups in total. The third kappa shape index (κ3) is 2.38. The first-order valence-electron chi connectivity index (χ1n) is 6.44. The van der Waals surface area contributed by atoms with Crippen molar-refractivity contribution in [2.45, 2.75) is 19.5 Å². The van der Waals surface area contributed by atoms with Gasteiger partial charge in [-0.3, -0.25) is 9.36 Å². The van der Waals surface area contributed by atoms with Gasteiger partial charge in [-0.1, -0.05) is 35.9 Å². The highest BCUT2D eigenvalue weighted by Crippen LogP contribution is 2.23. The van der Waals surface area contributed by atoms with Crippen molar-refractivity contribution in [1.29, 1.82) is 0 Å². The second-order valence-electron chi connectivity index (χ2n) is 4.74. The number of hydrogen-bond acceptors (Lipinski definition) is 2. The van der Waals surface area contributed by atoms with Crippen LogP contribution in [0.5, 0.6) is 0 Å². The van der Waals surface area contributed by atoms with Gasteiger partial charge in [0.1, 0.15) is 5.82 Å². The molecule has 1 aliphatic heterocycles. The van der Waals surface area contributed by atoms with E-state index in [2.05, 4.69) is 4.90 Å².